The van der Waals surface area contributed by atoms with E-state index in [0.29, 0.717) is 13.0 Å². The van der Waals surface area contributed by atoms with Crippen LogP contribution in [0.4, 0.5) is 0 Å². The molecule has 0 aliphatic carbocycles. The van der Waals surface area contributed by atoms with Crippen molar-refractivity contribution in [3.05, 3.63) is 60.2 Å². The van der Waals surface area contributed by atoms with Crippen molar-refractivity contribution in [2.75, 3.05) is 0 Å². The molecule has 0 radical (unpaired) electrons. The lowest BCUT2D eigenvalue weighted by atomic mass is 10.2. The van der Waals surface area contributed by atoms with Crippen LogP contribution in [0.3, 0.4) is 0 Å². The third kappa shape index (κ3) is 3.68. The summed E-state index contributed by atoms with van der Waals surface area (Å²) in [5.41, 5.74) is 1.81. The summed E-state index contributed by atoms with van der Waals surface area (Å²) in [7, 11) is 0. The number of pyridine rings is 2. The molecule has 2 aromatic heterocycles. The lowest BCUT2D eigenvalue weighted by Crippen LogP contribution is -2.24. The highest BCUT2D eigenvalue weighted by atomic mass is 16.1. The van der Waals surface area contributed by atoms with E-state index >= 15 is 0 Å². The second-order valence-corrected chi connectivity index (χ2v) is 3.63. The molecule has 1 N–H and O–H groups in total. The predicted octanol–water partition coefficient (Wildman–Crippen LogP) is 1.34. The molecule has 0 fully saturated rings. The van der Waals surface area contributed by atoms with Crippen molar-refractivity contribution in [2.24, 2.45) is 0 Å². The Bertz CT molecular complexity index is 471. The third-order valence-corrected chi connectivity index (χ3v) is 2.31. The van der Waals surface area contributed by atoms with Crippen molar-refractivity contribution < 1.29 is 4.79 Å². The topological polar surface area (TPSA) is 54.9 Å². The number of hydrogen-bond donors (Lipinski definition) is 1. The van der Waals surface area contributed by atoms with Crippen LogP contribution in [0, 0.1) is 0 Å². The first-order valence-corrected chi connectivity index (χ1v) is 5.40. The SMILES string of the molecule is O=C(Cc1ccccn1)NCc1ccncc1. The Labute approximate surface area is 99.7 Å². The monoisotopic (exact) mass is 227 g/mol. The van der Waals surface area contributed by atoms with E-state index in [0.717, 1.165) is 11.3 Å². The number of carbonyl (C=O) groups excluding carboxylic acids is 1. The summed E-state index contributed by atoms with van der Waals surface area (Å²) in [6.45, 7) is 0.522. The molecule has 0 bridgehead atoms. The summed E-state index contributed by atoms with van der Waals surface area (Å²) in [4.78, 5) is 19.6. The molecule has 2 aromatic rings. The van der Waals surface area contributed by atoms with Gasteiger partial charge in [-0.2, -0.15) is 0 Å². The van der Waals surface area contributed by atoms with Crippen molar-refractivity contribution in [2.45, 2.75) is 13.0 Å². The van der Waals surface area contributed by atoms with Crippen LogP contribution in [0.25, 0.3) is 0 Å². The third-order valence-electron chi connectivity index (χ3n) is 2.31. The zero-order chi connectivity index (χ0) is 11.9. The van der Waals surface area contributed by atoms with Gasteiger partial charge in [-0.05, 0) is 29.8 Å². The molecule has 0 spiro atoms. The average Bonchev–Trinajstić information content (AvgIpc) is 2.39. The van der Waals surface area contributed by atoms with E-state index in [1.807, 2.05) is 30.3 Å². The minimum atomic E-state index is -0.0273. The molecule has 17 heavy (non-hydrogen) atoms. The molecule has 2 rings (SSSR count). The Morgan fingerprint density at radius 3 is 2.65 bits per heavy atom. The number of amides is 1. The lowest BCUT2D eigenvalue weighted by molar-refractivity contribution is -0.120. The van der Waals surface area contributed by atoms with Crippen molar-refractivity contribution >= 4 is 5.91 Å². The maximum absolute atomic E-state index is 11.6. The fraction of sp³-hybridized carbons (Fsp3) is 0.154. The van der Waals surface area contributed by atoms with Crippen molar-refractivity contribution in [3.63, 3.8) is 0 Å². The second-order valence-electron chi connectivity index (χ2n) is 3.63. The van der Waals surface area contributed by atoms with Crippen molar-refractivity contribution in [1.82, 2.24) is 15.3 Å². The molecule has 0 atom stereocenters. The molecular weight excluding hydrogens is 214 g/mol. The molecule has 4 nitrogen and oxygen atoms in total. The normalized spacial score (nSPS) is 9.88. The van der Waals surface area contributed by atoms with Gasteiger partial charge in [0.15, 0.2) is 0 Å². The van der Waals surface area contributed by atoms with E-state index in [-0.39, 0.29) is 5.91 Å². The lowest BCUT2D eigenvalue weighted by Gasteiger charge is -2.04. The fourth-order valence-corrected chi connectivity index (χ4v) is 1.43. The minimum absolute atomic E-state index is 0.0273. The minimum Gasteiger partial charge on any atom is -0.352 e. The summed E-state index contributed by atoms with van der Waals surface area (Å²) in [6.07, 6.45) is 5.41. The van der Waals surface area contributed by atoms with Crippen LogP contribution in [0.15, 0.2) is 48.9 Å². The highest BCUT2D eigenvalue weighted by molar-refractivity contribution is 5.78. The van der Waals surface area contributed by atoms with E-state index < -0.39 is 0 Å². The van der Waals surface area contributed by atoms with Crippen LogP contribution in [0.5, 0.6) is 0 Å². The number of nitrogens with one attached hydrogen (secondary N) is 1. The van der Waals surface area contributed by atoms with E-state index in [2.05, 4.69) is 15.3 Å². The van der Waals surface area contributed by atoms with Crippen LogP contribution in [-0.2, 0) is 17.8 Å². The summed E-state index contributed by atoms with van der Waals surface area (Å²) in [5, 5.41) is 2.84. The van der Waals surface area contributed by atoms with Gasteiger partial charge in [0.05, 0.1) is 6.42 Å². The molecule has 4 heteroatoms. The first-order chi connectivity index (χ1) is 8.34. The van der Waals surface area contributed by atoms with Crippen LogP contribution < -0.4 is 5.32 Å². The maximum Gasteiger partial charge on any atom is 0.226 e. The van der Waals surface area contributed by atoms with Gasteiger partial charge in [0, 0.05) is 30.8 Å². The largest absolute Gasteiger partial charge is 0.352 e. The molecule has 2 heterocycles. The number of hydrogen-bond acceptors (Lipinski definition) is 3. The molecule has 0 aromatic carbocycles. The molecular formula is C13H13N3O. The number of carbonyl (C=O) groups is 1. The quantitative estimate of drug-likeness (QED) is 0.857. The zero-order valence-electron chi connectivity index (χ0n) is 9.34. The van der Waals surface area contributed by atoms with Gasteiger partial charge < -0.3 is 5.32 Å². The summed E-state index contributed by atoms with van der Waals surface area (Å²) >= 11 is 0. The summed E-state index contributed by atoms with van der Waals surface area (Å²) < 4.78 is 0. The second kappa shape index (κ2) is 5.75. The van der Waals surface area contributed by atoms with Gasteiger partial charge in [-0.15, -0.1) is 0 Å². The van der Waals surface area contributed by atoms with E-state index in [1.54, 1.807) is 18.6 Å². The Kier molecular flexibility index (Phi) is 3.81. The predicted molar refractivity (Wildman–Crippen MR) is 64.0 cm³/mol. The number of nitrogens with zero attached hydrogens (tertiary/aromatic N) is 2. The molecule has 0 saturated carbocycles. The Morgan fingerprint density at radius 2 is 1.94 bits per heavy atom. The van der Waals surface area contributed by atoms with Gasteiger partial charge in [-0.25, -0.2) is 0 Å². The smallest absolute Gasteiger partial charge is 0.226 e. The van der Waals surface area contributed by atoms with E-state index in [9.17, 15) is 4.79 Å². The number of aromatic nitrogens is 2. The van der Waals surface area contributed by atoms with E-state index in [4.69, 9.17) is 0 Å². The van der Waals surface area contributed by atoms with Crippen LogP contribution in [0.1, 0.15) is 11.3 Å². The van der Waals surface area contributed by atoms with Crippen molar-refractivity contribution in [1.29, 1.82) is 0 Å². The van der Waals surface area contributed by atoms with Gasteiger partial charge in [-0.1, -0.05) is 6.07 Å². The standard InChI is InChI=1S/C13H13N3O/c17-13(9-12-3-1-2-6-15-12)16-10-11-4-7-14-8-5-11/h1-8H,9-10H2,(H,16,17). The first kappa shape index (κ1) is 11.3. The molecule has 0 unspecified atom stereocenters. The van der Waals surface area contributed by atoms with Crippen molar-refractivity contribution in [3.8, 4) is 0 Å². The Hall–Kier alpha value is -2.23. The highest BCUT2D eigenvalue weighted by Crippen LogP contribution is 1.97. The van der Waals surface area contributed by atoms with Gasteiger partial charge >= 0.3 is 0 Å². The Morgan fingerprint density at radius 1 is 1.12 bits per heavy atom. The fourth-order valence-electron chi connectivity index (χ4n) is 1.43. The summed E-state index contributed by atoms with van der Waals surface area (Å²) in [5.74, 6) is -0.0273. The maximum atomic E-state index is 11.6. The van der Waals surface area contributed by atoms with Crippen LogP contribution >= 0.6 is 0 Å². The van der Waals surface area contributed by atoms with Gasteiger partial charge in [-0.3, -0.25) is 14.8 Å². The average molecular weight is 227 g/mol. The molecule has 0 saturated heterocycles. The molecule has 1 amide bonds. The van der Waals surface area contributed by atoms with Crippen LogP contribution in [0.2, 0.25) is 0 Å². The summed E-state index contributed by atoms with van der Waals surface area (Å²) in [6, 6.07) is 9.30. The van der Waals surface area contributed by atoms with Gasteiger partial charge in [0.1, 0.15) is 0 Å². The van der Waals surface area contributed by atoms with E-state index in [1.165, 1.54) is 0 Å². The van der Waals surface area contributed by atoms with Gasteiger partial charge in [0.25, 0.3) is 0 Å². The molecule has 0 aliphatic heterocycles. The highest BCUT2D eigenvalue weighted by Gasteiger charge is 2.03. The molecule has 86 valence electrons. The van der Waals surface area contributed by atoms with Crippen LogP contribution in [-0.4, -0.2) is 15.9 Å². The molecule has 0 aliphatic rings. The van der Waals surface area contributed by atoms with Gasteiger partial charge in [0.2, 0.25) is 5.91 Å². The first-order valence-electron chi connectivity index (χ1n) is 5.40. The number of rotatable bonds is 4. The Balaban J connectivity index is 1.83. The zero-order valence-corrected chi connectivity index (χ0v) is 9.34.